The molecule has 1 unspecified atom stereocenters. The first kappa shape index (κ1) is 21.2. The van der Waals surface area contributed by atoms with E-state index in [1.165, 1.54) is 7.11 Å². The molecule has 0 radical (unpaired) electrons. The molecule has 2 amide bonds. The Kier molecular flexibility index (Phi) is 6.83. The van der Waals surface area contributed by atoms with Crippen molar-refractivity contribution in [2.45, 2.75) is 25.8 Å². The highest BCUT2D eigenvalue weighted by atomic mass is 32.2. The number of carbonyl (C=O) groups excluding carboxylic acids is 2. The number of anilines is 1. The molecule has 0 spiro atoms. The molecule has 1 fully saturated rings. The summed E-state index contributed by atoms with van der Waals surface area (Å²) >= 11 is 0. The lowest BCUT2D eigenvalue weighted by atomic mass is 10.0. The molecule has 150 valence electrons. The van der Waals surface area contributed by atoms with Crippen molar-refractivity contribution in [3.63, 3.8) is 0 Å². The van der Waals surface area contributed by atoms with Crippen LogP contribution in [0.3, 0.4) is 0 Å². The number of nitrogens with one attached hydrogen (secondary N) is 3. The number of hydrogen-bond acceptors (Lipinski definition) is 5. The van der Waals surface area contributed by atoms with E-state index in [1.807, 2.05) is 13.0 Å². The van der Waals surface area contributed by atoms with Gasteiger partial charge in [0, 0.05) is 0 Å². The summed E-state index contributed by atoms with van der Waals surface area (Å²) in [5.41, 5.74) is -0.150. The molecule has 0 saturated carbocycles. The molecule has 1 aromatic rings. The zero-order valence-corrected chi connectivity index (χ0v) is 16.8. The fourth-order valence-corrected chi connectivity index (χ4v) is 5.29. The van der Waals surface area contributed by atoms with Gasteiger partial charge >= 0.3 is 0 Å². The van der Waals surface area contributed by atoms with Crippen LogP contribution in [0.1, 0.15) is 20.3 Å². The molecule has 2 rings (SSSR count). The van der Waals surface area contributed by atoms with Crippen molar-refractivity contribution < 1.29 is 27.6 Å². The number of benzene rings is 1. The number of sulfone groups is 1. The summed E-state index contributed by atoms with van der Waals surface area (Å²) in [5.74, 6) is 0.143. The Hall–Kier alpha value is -2.13. The van der Waals surface area contributed by atoms with Crippen molar-refractivity contribution >= 4 is 27.3 Å². The summed E-state index contributed by atoms with van der Waals surface area (Å²) < 4.78 is 28.5. The van der Waals surface area contributed by atoms with Crippen molar-refractivity contribution in [2.75, 3.05) is 43.6 Å². The maximum absolute atomic E-state index is 12.3. The molecule has 0 aliphatic carbocycles. The van der Waals surface area contributed by atoms with Gasteiger partial charge in [0.05, 0.1) is 36.4 Å². The van der Waals surface area contributed by atoms with Gasteiger partial charge in [0.2, 0.25) is 0 Å². The first-order valence-electron chi connectivity index (χ1n) is 8.94. The van der Waals surface area contributed by atoms with E-state index in [0.717, 1.165) is 4.90 Å². The molecule has 3 N–H and O–H groups in total. The van der Waals surface area contributed by atoms with Crippen LogP contribution in [0, 0.1) is 0 Å². The van der Waals surface area contributed by atoms with Crippen LogP contribution in [0.2, 0.25) is 0 Å². The molecular weight excluding hydrogens is 370 g/mol. The second-order valence-corrected chi connectivity index (χ2v) is 9.34. The van der Waals surface area contributed by atoms with E-state index in [1.54, 1.807) is 25.1 Å². The number of likely N-dealkylation sites (N-methyl/N-ethyl adjacent to an activating group) is 1. The van der Waals surface area contributed by atoms with Gasteiger partial charge in [-0.2, -0.15) is 0 Å². The number of quaternary nitrogens is 1. The van der Waals surface area contributed by atoms with Gasteiger partial charge in [-0.25, -0.2) is 8.42 Å². The van der Waals surface area contributed by atoms with Crippen LogP contribution in [0.4, 0.5) is 5.69 Å². The third-order valence-electron chi connectivity index (χ3n) is 4.65. The molecule has 0 bridgehead atoms. The monoisotopic (exact) mass is 398 g/mol. The van der Waals surface area contributed by atoms with Crippen LogP contribution >= 0.6 is 0 Å². The summed E-state index contributed by atoms with van der Waals surface area (Å²) in [6, 6.07) is 7.11. The number of methoxy groups -OCH3 is 1. The van der Waals surface area contributed by atoms with Crippen molar-refractivity contribution in [3.05, 3.63) is 24.3 Å². The zero-order chi connectivity index (χ0) is 20.1. The standard InChI is InChI=1S/C18H27N3O5S/c1-4-21(11-16(22)19-14-7-5-6-8-15(14)26-3)12-17(23)20-18(2)9-10-27(24,25)13-18/h5-8H,4,9-13H2,1-3H3,(H,19,22)(H,20,23)/p+1/t18-/m0/s1. The summed E-state index contributed by atoms with van der Waals surface area (Å²) in [6.07, 6.45) is 0.414. The number of ether oxygens (including phenoxy) is 1. The maximum atomic E-state index is 12.3. The Morgan fingerprint density at radius 2 is 1.89 bits per heavy atom. The molecule has 1 saturated heterocycles. The largest absolute Gasteiger partial charge is 0.495 e. The minimum atomic E-state index is -3.09. The van der Waals surface area contributed by atoms with Crippen LogP contribution in [0.25, 0.3) is 0 Å². The Balaban J connectivity index is 1.89. The van der Waals surface area contributed by atoms with Gasteiger partial charge in [-0.15, -0.1) is 0 Å². The highest BCUT2D eigenvalue weighted by molar-refractivity contribution is 7.91. The van der Waals surface area contributed by atoms with Crippen LogP contribution < -0.4 is 20.3 Å². The van der Waals surface area contributed by atoms with Gasteiger partial charge in [0.25, 0.3) is 11.8 Å². The van der Waals surface area contributed by atoms with Crippen molar-refractivity contribution in [3.8, 4) is 5.75 Å². The van der Waals surface area contributed by atoms with Gasteiger partial charge < -0.3 is 20.3 Å². The minimum Gasteiger partial charge on any atom is -0.495 e. The maximum Gasteiger partial charge on any atom is 0.279 e. The molecule has 1 heterocycles. The SMILES string of the molecule is CC[NH+](CC(=O)Nc1ccccc1OC)CC(=O)N[C@@]1(C)CCS(=O)(=O)C1. The third kappa shape index (κ3) is 6.21. The van der Waals surface area contributed by atoms with Crippen LogP contribution in [-0.4, -0.2) is 64.0 Å². The Morgan fingerprint density at radius 1 is 1.22 bits per heavy atom. The third-order valence-corrected chi connectivity index (χ3v) is 6.55. The van der Waals surface area contributed by atoms with E-state index in [-0.39, 0.29) is 36.4 Å². The average Bonchev–Trinajstić information content (AvgIpc) is 2.87. The average molecular weight is 399 g/mol. The van der Waals surface area contributed by atoms with E-state index in [0.29, 0.717) is 24.4 Å². The quantitative estimate of drug-likeness (QED) is 0.533. The highest BCUT2D eigenvalue weighted by Crippen LogP contribution is 2.23. The normalized spacial score (nSPS) is 22.0. The lowest BCUT2D eigenvalue weighted by Gasteiger charge is -2.25. The fourth-order valence-electron chi connectivity index (χ4n) is 3.20. The van der Waals surface area contributed by atoms with E-state index in [2.05, 4.69) is 10.6 Å². The predicted molar refractivity (Wildman–Crippen MR) is 103 cm³/mol. The number of carbonyl (C=O) groups is 2. The van der Waals surface area contributed by atoms with Gasteiger partial charge in [-0.1, -0.05) is 12.1 Å². The van der Waals surface area contributed by atoms with Crippen LogP contribution in [0.5, 0.6) is 5.75 Å². The number of rotatable bonds is 8. The molecule has 27 heavy (non-hydrogen) atoms. The van der Waals surface area contributed by atoms with Crippen molar-refractivity contribution in [1.82, 2.24) is 5.32 Å². The van der Waals surface area contributed by atoms with Gasteiger partial charge in [0.1, 0.15) is 5.75 Å². The Bertz CT molecular complexity index is 796. The molecule has 8 nitrogen and oxygen atoms in total. The first-order chi connectivity index (χ1) is 12.7. The smallest absolute Gasteiger partial charge is 0.279 e. The highest BCUT2D eigenvalue weighted by Gasteiger charge is 2.39. The molecule has 1 aromatic carbocycles. The van der Waals surface area contributed by atoms with Crippen LogP contribution in [0.15, 0.2) is 24.3 Å². The van der Waals surface area contributed by atoms with E-state index >= 15 is 0 Å². The molecular formula is C18H28N3O5S+. The Morgan fingerprint density at radius 3 is 2.48 bits per heavy atom. The van der Waals surface area contributed by atoms with Crippen LogP contribution in [-0.2, 0) is 19.4 Å². The first-order valence-corrected chi connectivity index (χ1v) is 10.8. The van der Waals surface area contributed by atoms with Gasteiger partial charge in [0.15, 0.2) is 22.9 Å². The van der Waals surface area contributed by atoms with Gasteiger partial charge in [-0.05, 0) is 32.4 Å². The number of amides is 2. The van der Waals surface area contributed by atoms with Gasteiger partial charge in [-0.3, -0.25) is 9.59 Å². The summed E-state index contributed by atoms with van der Waals surface area (Å²) in [6.45, 7) is 4.44. The molecule has 2 atom stereocenters. The van der Waals surface area contributed by atoms with Crippen molar-refractivity contribution in [2.24, 2.45) is 0 Å². The molecule has 1 aliphatic heterocycles. The number of hydrogen-bond donors (Lipinski definition) is 3. The number of para-hydroxylation sites is 2. The van der Waals surface area contributed by atoms with E-state index in [4.69, 9.17) is 4.74 Å². The topological polar surface area (TPSA) is 106 Å². The van der Waals surface area contributed by atoms with E-state index < -0.39 is 15.4 Å². The lowest BCUT2D eigenvalue weighted by Crippen LogP contribution is -3.14. The van der Waals surface area contributed by atoms with Crippen molar-refractivity contribution in [1.29, 1.82) is 0 Å². The summed E-state index contributed by atoms with van der Waals surface area (Å²) in [5, 5.41) is 5.62. The lowest BCUT2D eigenvalue weighted by molar-refractivity contribution is -0.881. The molecule has 1 aliphatic rings. The zero-order valence-electron chi connectivity index (χ0n) is 16.0. The van der Waals surface area contributed by atoms with E-state index in [9.17, 15) is 18.0 Å². The molecule has 9 heteroatoms. The minimum absolute atomic E-state index is 0.0402. The fraction of sp³-hybridized carbons (Fsp3) is 0.556. The summed E-state index contributed by atoms with van der Waals surface area (Å²) in [7, 11) is -1.56. The summed E-state index contributed by atoms with van der Waals surface area (Å²) in [4.78, 5) is 25.5. The molecule has 0 aromatic heterocycles. The second kappa shape index (κ2) is 8.71. The second-order valence-electron chi connectivity index (χ2n) is 7.16. The predicted octanol–water partition coefficient (Wildman–Crippen LogP) is -0.768. The Labute approximate surface area is 160 Å².